The number of hydrogen-bond donors (Lipinski definition) is 2. The molecule has 0 aromatic rings. The normalized spacial score (nSPS) is 28.6. The minimum absolute atomic E-state index is 0.0707. The zero-order chi connectivity index (χ0) is 16.6. The zero-order valence-corrected chi connectivity index (χ0v) is 13.5. The maximum atomic E-state index is 12.2. The summed E-state index contributed by atoms with van der Waals surface area (Å²) in [6.07, 6.45) is 0.821. The first kappa shape index (κ1) is 15.9. The second kappa shape index (κ2) is 6.27. The summed E-state index contributed by atoms with van der Waals surface area (Å²) in [6, 6.07) is 0.256. The van der Waals surface area contributed by atoms with Gasteiger partial charge in [-0.25, -0.2) is 5.43 Å². The fourth-order valence-corrected chi connectivity index (χ4v) is 3.44. The minimum atomic E-state index is -0.277. The van der Waals surface area contributed by atoms with Crippen LogP contribution in [0.2, 0.25) is 0 Å². The number of nitrogens with one attached hydrogen (secondary N) is 2. The maximum absolute atomic E-state index is 12.2. The number of nitrogens with zero attached hydrogens (tertiary/aromatic N) is 3. The lowest BCUT2D eigenvalue weighted by molar-refractivity contribution is -0.132. The van der Waals surface area contributed by atoms with Gasteiger partial charge in [-0.2, -0.15) is 5.10 Å². The summed E-state index contributed by atoms with van der Waals surface area (Å²) in [7, 11) is 2.02. The van der Waals surface area contributed by atoms with Crippen molar-refractivity contribution in [2.45, 2.75) is 25.8 Å². The molecule has 23 heavy (non-hydrogen) atoms. The third kappa shape index (κ3) is 3.21. The van der Waals surface area contributed by atoms with E-state index in [1.165, 1.54) is 0 Å². The van der Waals surface area contributed by atoms with Gasteiger partial charge in [-0.05, 0) is 20.4 Å². The molecule has 2 unspecified atom stereocenters. The third-order valence-electron chi connectivity index (χ3n) is 4.91. The van der Waals surface area contributed by atoms with E-state index in [0.717, 1.165) is 18.8 Å². The second-order valence-corrected chi connectivity index (χ2v) is 6.68. The Bertz CT molecular complexity index is 555. The van der Waals surface area contributed by atoms with E-state index in [4.69, 9.17) is 0 Å². The average Bonchev–Trinajstić information content (AvgIpc) is 3.00. The van der Waals surface area contributed by atoms with Gasteiger partial charge in [0, 0.05) is 38.3 Å². The minimum Gasteiger partial charge on any atom is -0.356 e. The van der Waals surface area contributed by atoms with Crippen molar-refractivity contribution in [2.24, 2.45) is 16.9 Å². The second-order valence-electron chi connectivity index (χ2n) is 6.68. The molecule has 3 aliphatic heterocycles. The first-order valence-electron chi connectivity index (χ1n) is 8.05. The van der Waals surface area contributed by atoms with E-state index < -0.39 is 0 Å². The number of amides is 3. The molecular weight excluding hydrogens is 298 g/mol. The molecule has 2 fully saturated rings. The van der Waals surface area contributed by atoms with Crippen molar-refractivity contribution in [1.29, 1.82) is 0 Å². The Labute approximate surface area is 135 Å². The van der Waals surface area contributed by atoms with Crippen LogP contribution in [0.1, 0.15) is 19.8 Å². The number of carbonyl (C=O) groups is 3. The molecule has 0 spiro atoms. The van der Waals surface area contributed by atoms with Crippen LogP contribution < -0.4 is 10.7 Å². The summed E-state index contributed by atoms with van der Waals surface area (Å²) in [5, 5.41) is 6.74. The number of rotatable bonds is 5. The number of hydrazone groups is 1. The molecule has 3 aliphatic rings. The average molecular weight is 321 g/mol. The van der Waals surface area contributed by atoms with Crippen molar-refractivity contribution in [3.05, 3.63) is 0 Å². The fourth-order valence-electron chi connectivity index (χ4n) is 3.44. The molecule has 126 valence electrons. The summed E-state index contributed by atoms with van der Waals surface area (Å²) in [4.78, 5) is 39.8. The lowest BCUT2D eigenvalue weighted by Gasteiger charge is -2.42. The van der Waals surface area contributed by atoms with Crippen LogP contribution in [0.15, 0.2) is 5.10 Å². The van der Waals surface area contributed by atoms with Gasteiger partial charge in [0.15, 0.2) is 0 Å². The summed E-state index contributed by atoms with van der Waals surface area (Å²) < 4.78 is 0. The van der Waals surface area contributed by atoms with E-state index in [9.17, 15) is 14.4 Å². The number of likely N-dealkylation sites (tertiary alicyclic amines) is 2. The molecule has 8 nitrogen and oxygen atoms in total. The molecule has 3 heterocycles. The highest BCUT2D eigenvalue weighted by atomic mass is 16.2. The van der Waals surface area contributed by atoms with E-state index in [0.29, 0.717) is 19.5 Å². The van der Waals surface area contributed by atoms with Crippen LogP contribution in [0.25, 0.3) is 0 Å². The van der Waals surface area contributed by atoms with Crippen LogP contribution in [-0.2, 0) is 14.4 Å². The van der Waals surface area contributed by atoms with E-state index in [1.807, 2.05) is 11.9 Å². The first-order valence-corrected chi connectivity index (χ1v) is 8.05. The Hall–Kier alpha value is -1.96. The van der Waals surface area contributed by atoms with Crippen LogP contribution in [0, 0.1) is 11.8 Å². The largest absolute Gasteiger partial charge is 0.356 e. The lowest BCUT2D eigenvalue weighted by Crippen LogP contribution is -2.58. The molecule has 2 N–H and O–H groups in total. The predicted molar refractivity (Wildman–Crippen MR) is 83.5 cm³/mol. The molecular formula is C15H23N5O3. The molecule has 0 bridgehead atoms. The van der Waals surface area contributed by atoms with Gasteiger partial charge in [0.05, 0.1) is 17.9 Å². The van der Waals surface area contributed by atoms with Crippen molar-refractivity contribution in [1.82, 2.24) is 20.5 Å². The Kier molecular flexibility index (Phi) is 4.34. The molecule has 0 saturated carbocycles. The number of carbonyl (C=O) groups excluding carboxylic acids is 3. The summed E-state index contributed by atoms with van der Waals surface area (Å²) >= 11 is 0. The molecule has 8 heteroatoms. The summed E-state index contributed by atoms with van der Waals surface area (Å²) in [5.41, 5.74) is 3.18. The van der Waals surface area contributed by atoms with E-state index in [1.54, 1.807) is 6.92 Å². The Balaban J connectivity index is 1.43. The quantitative estimate of drug-likeness (QED) is 0.663. The van der Waals surface area contributed by atoms with Gasteiger partial charge >= 0.3 is 0 Å². The van der Waals surface area contributed by atoms with E-state index in [-0.39, 0.29) is 42.0 Å². The maximum Gasteiger partial charge on any atom is 0.248 e. The van der Waals surface area contributed by atoms with Crippen molar-refractivity contribution < 1.29 is 14.4 Å². The summed E-state index contributed by atoms with van der Waals surface area (Å²) in [6.45, 7) is 4.49. The van der Waals surface area contributed by atoms with Crippen molar-refractivity contribution in [2.75, 3.05) is 33.2 Å². The zero-order valence-electron chi connectivity index (χ0n) is 13.5. The number of hydrogen-bond acceptors (Lipinski definition) is 5. The lowest BCUT2D eigenvalue weighted by atomic mass is 10.0. The van der Waals surface area contributed by atoms with Gasteiger partial charge in [-0.1, -0.05) is 0 Å². The highest BCUT2D eigenvalue weighted by Crippen LogP contribution is 2.24. The summed E-state index contributed by atoms with van der Waals surface area (Å²) in [5.74, 6) is -0.681. The Morgan fingerprint density at radius 1 is 1.35 bits per heavy atom. The van der Waals surface area contributed by atoms with Gasteiger partial charge in [0.25, 0.3) is 0 Å². The van der Waals surface area contributed by atoms with Gasteiger partial charge in [0.2, 0.25) is 17.7 Å². The van der Waals surface area contributed by atoms with Gasteiger partial charge < -0.3 is 15.1 Å². The SMILES string of the molecule is CC1=NNC(=O)C1CCNC(=O)C1CC(=O)N(C2CN(C)C2)C1. The van der Waals surface area contributed by atoms with E-state index in [2.05, 4.69) is 20.7 Å². The number of likely N-dealkylation sites (N-methyl/N-ethyl adjacent to an activating group) is 1. The Morgan fingerprint density at radius 2 is 2.09 bits per heavy atom. The highest BCUT2D eigenvalue weighted by molar-refractivity contribution is 6.06. The van der Waals surface area contributed by atoms with Crippen LogP contribution in [-0.4, -0.2) is 72.5 Å². The van der Waals surface area contributed by atoms with Crippen molar-refractivity contribution >= 4 is 23.4 Å². The van der Waals surface area contributed by atoms with Gasteiger partial charge in [0.1, 0.15) is 0 Å². The molecule has 3 rings (SSSR count). The molecule has 3 amide bonds. The third-order valence-corrected chi connectivity index (χ3v) is 4.91. The van der Waals surface area contributed by atoms with Crippen LogP contribution >= 0.6 is 0 Å². The topological polar surface area (TPSA) is 94.1 Å². The van der Waals surface area contributed by atoms with E-state index >= 15 is 0 Å². The van der Waals surface area contributed by atoms with Crippen molar-refractivity contribution in [3.8, 4) is 0 Å². The van der Waals surface area contributed by atoms with Crippen molar-refractivity contribution in [3.63, 3.8) is 0 Å². The predicted octanol–water partition coefficient (Wildman–Crippen LogP) is -1.22. The monoisotopic (exact) mass is 321 g/mol. The molecule has 2 atom stereocenters. The molecule has 0 aromatic heterocycles. The standard InChI is InChI=1S/C15H23N5O3/c1-9-12(15(23)18-17-9)3-4-16-14(22)10-5-13(21)20(6-10)11-7-19(2)8-11/h10-12H,3-8H2,1-2H3,(H,16,22)(H,18,23). The van der Waals surface area contributed by atoms with Crippen LogP contribution in [0.4, 0.5) is 0 Å². The first-order chi connectivity index (χ1) is 11.0. The van der Waals surface area contributed by atoms with Crippen LogP contribution in [0.3, 0.4) is 0 Å². The molecule has 0 radical (unpaired) electrons. The van der Waals surface area contributed by atoms with Gasteiger partial charge in [-0.3, -0.25) is 14.4 Å². The van der Waals surface area contributed by atoms with Gasteiger partial charge in [-0.15, -0.1) is 0 Å². The highest BCUT2D eigenvalue weighted by Gasteiger charge is 2.41. The fraction of sp³-hybridized carbons (Fsp3) is 0.733. The molecule has 0 aromatic carbocycles. The Morgan fingerprint density at radius 3 is 2.70 bits per heavy atom. The molecule has 2 saturated heterocycles. The van der Waals surface area contributed by atoms with Crippen LogP contribution in [0.5, 0.6) is 0 Å². The molecule has 0 aliphatic carbocycles. The smallest absolute Gasteiger partial charge is 0.248 e.